The Hall–Kier alpha value is -2.45. The Bertz CT molecular complexity index is 778. The number of anilines is 2. The third kappa shape index (κ3) is 5.77. The maximum atomic E-state index is 12.5. The zero-order valence-corrected chi connectivity index (χ0v) is 17.2. The Balaban J connectivity index is 1.44. The lowest BCUT2D eigenvalue weighted by atomic mass is 10.2. The lowest BCUT2D eigenvalue weighted by Crippen LogP contribution is -2.42. The summed E-state index contributed by atoms with van der Waals surface area (Å²) in [5.41, 5.74) is 1.88. The quantitative estimate of drug-likeness (QED) is 0.803. The van der Waals surface area contributed by atoms with E-state index >= 15 is 0 Å². The number of aromatic nitrogens is 1. The number of rotatable bonds is 6. The van der Waals surface area contributed by atoms with Gasteiger partial charge >= 0.3 is 0 Å². The minimum atomic E-state index is -0.189. The van der Waals surface area contributed by atoms with E-state index in [1.165, 1.54) is 4.90 Å². The average Bonchev–Trinajstić information content (AvgIpc) is 3.11. The van der Waals surface area contributed by atoms with Gasteiger partial charge in [-0.15, -0.1) is 11.3 Å². The van der Waals surface area contributed by atoms with Crippen LogP contribution in [0.3, 0.4) is 0 Å². The van der Waals surface area contributed by atoms with Crippen LogP contribution < -0.4 is 10.2 Å². The molecule has 0 aliphatic carbocycles. The van der Waals surface area contributed by atoms with Crippen molar-refractivity contribution in [2.75, 3.05) is 56.5 Å². The van der Waals surface area contributed by atoms with Crippen LogP contribution >= 0.6 is 11.3 Å². The highest BCUT2D eigenvalue weighted by Crippen LogP contribution is 2.19. The summed E-state index contributed by atoms with van der Waals surface area (Å²) in [5, 5.41) is 5.86. The molecule has 28 heavy (non-hydrogen) atoms. The van der Waals surface area contributed by atoms with E-state index in [2.05, 4.69) is 20.1 Å². The Morgan fingerprint density at radius 1 is 1.18 bits per heavy atom. The molecule has 1 aromatic carbocycles. The van der Waals surface area contributed by atoms with Crippen LogP contribution in [-0.2, 0) is 9.59 Å². The molecule has 1 saturated heterocycles. The molecule has 1 fully saturated rings. The minimum Gasteiger partial charge on any atom is -0.347 e. The molecule has 0 bridgehead atoms. The van der Waals surface area contributed by atoms with E-state index in [0.29, 0.717) is 6.54 Å². The van der Waals surface area contributed by atoms with Crippen LogP contribution in [0.15, 0.2) is 35.8 Å². The van der Waals surface area contributed by atoms with Crippen molar-refractivity contribution in [1.29, 1.82) is 0 Å². The van der Waals surface area contributed by atoms with Gasteiger partial charge in [0.2, 0.25) is 11.8 Å². The fraction of sp³-hybridized carbons (Fsp3) is 0.450. The van der Waals surface area contributed by atoms with Crippen molar-refractivity contribution in [2.45, 2.75) is 13.3 Å². The summed E-state index contributed by atoms with van der Waals surface area (Å²) in [4.78, 5) is 35.0. The molecule has 2 heterocycles. The smallest absolute Gasteiger partial charge is 0.243 e. The highest BCUT2D eigenvalue weighted by molar-refractivity contribution is 7.13. The average molecular weight is 402 g/mol. The number of likely N-dealkylation sites (N-methyl/N-ethyl adjacent to an activating group) is 1. The molecule has 0 spiro atoms. The van der Waals surface area contributed by atoms with Crippen LogP contribution in [0.25, 0.3) is 0 Å². The van der Waals surface area contributed by atoms with Gasteiger partial charge in [0.25, 0.3) is 0 Å². The molecule has 8 heteroatoms. The van der Waals surface area contributed by atoms with Gasteiger partial charge in [0.15, 0.2) is 5.13 Å². The van der Waals surface area contributed by atoms with E-state index in [1.807, 2.05) is 42.8 Å². The van der Waals surface area contributed by atoms with Crippen molar-refractivity contribution >= 4 is 34.0 Å². The molecular weight excluding hydrogens is 374 g/mol. The number of carbonyl (C=O) groups is 2. The van der Waals surface area contributed by atoms with Crippen molar-refractivity contribution in [3.63, 3.8) is 0 Å². The summed E-state index contributed by atoms with van der Waals surface area (Å²) in [5.74, 6) is -0.229. The molecular formula is C20H27N5O2S. The Morgan fingerprint density at radius 3 is 2.68 bits per heavy atom. The minimum absolute atomic E-state index is 0.0400. The Kier molecular flexibility index (Phi) is 7.00. The number of carbonyl (C=O) groups excluding carboxylic acids is 2. The molecule has 2 aromatic rings. The van der Waals surface area contributed by atoms with Gasteiger partial charge in [-0.1, -0.05) is 17.7 Å². The topological polar surface area (TPSA) is 68.8 Å². The van der Waals surface area contributed by atoms with Crippen LogP contribution in [-0.4, -0.2) is 72.9 Å². The largest absolute Gasteiger partial charge is 0.347 e. The number of amides is 2. The van der Waals surface area contributed by atoms with Gasteiger partial charge in [0.1, 0.15) is 0 Å². The van der Waals surface area contributed by atoms with E-state index in [9.17, 15) is 9.59 Å². The van der Waals surface area contributed by atoms with E-state index in [1.54, 1.807) is 18.4 Å². The number of aryl methyl sites for hydroxylation is 1. The molecule has 1 aliphatic rings. The fourth-order valence-electron chi connectivity index (χ4n) is 3.15. The van der Waals surface area contributed by atoms with Gasteiger partial charge in [-0.25, -0.2) is 4.98 Å². The summed E-state index contributed by atoms with van der Waals surface area (Å²) in [6.45, 7) is 5.88. The predicted octanol–water partition coefficient (Wildman–Crippen LogP) is 2.06. The van der Waals surface area contributed by atoms with Crippen molar-refractivity contribution in [3.05, 3.63) is 41.4 Å². The first-order chi connectivity index (χ1) is 13.5. The van der Waals surface area contributed by atoms with E-state index in [0.717, 1.165) is 49.0 Å². The number of nitrogens with zero attached hydrogens (tertiary/aromatic N) is 4. The van der Waals surface area contributed by atoms with E-state index < -0.39 is 0 Å². The maximum absolute atomic E-state index is 12.5. The van der Waals surface area contributed by atoms with Crippen molar-refractivity contribution < 1.29 is 9.59 Å². The number of hydrogen-bond donors (Lipinski definition) is 1. The summed E-state index contributed by atoms with van der Waals surface area (Å²) in [6.07, 6.45) is 2.81. The highest BCUT2D eigenvalue weighted by Gasteiger charge is 2.21. The van der Waals surface area contributed by atoms with E-state index in [-0.39, 0.29) is 18.4 Å². The molecule has 0 saturated carbocycles. The fourth-order valence-corrected chi connectivity index (χ4v) is 3.84. The monoisotopic (exact) mass is 401 g/mol. The zero-order valence-electron chi connectivity index (χ0n) is 16.4. The maximum Gasteiger partial charge on any atom is 0.243 e. The molecule has 0 unspecified atom stereocenters. The van der Waals surface area contributed by atoms with Crippen LogP contribution in [0.2, 0.25) is 0 Å². The first-order valence-electron chi connectivity index (χ1n) is 9.48. The second-order valence-corrected chi connectivity index (χ2v) is 7.97. The molecule has 1 aliphatic heterocycles. The van der Waals surface area contributed by atoms with Crippen LogP contribution in [0.1, 0.15) is 12.0 Å². The summed E-state index contributed by atoms with van der Waals surface area (Å²) >= 11 is 1.64. The highest BCUT2D eigenvalue weighted by atomic mass is 32.1. The molecule has 7 nitrogen and oxygen atoms in total. The third-order valence-corrected chi connectivity index (χ3v) is 5.61. The van der Waals surface area contributed by atoms with Crippen molar-refractivity contribution in [2.24, 2.45) is 0 Å². The van der Waals surface area contributed by atoms with Crippen LogP contribution in [0.4, 0.5) is 10.8 Å². The second kappa shape index (κ2) is 9.66. The van der Waals surface area contributed by atoms with Crippen molar-refractivity contribution in [3.8, 4) is 0 Å². The first-order valence-corrected chi connectivity index (χ1v) is 10.4. The lowest BCUT2D eigenvalue weighted by Gasteiger charge is -2.24. The normalized spacial score (nSPS) is 15.1. The molecule has 1 N–H and O–H groups in total. The summed E-state index contributed by atoms with van der Waals surface area (Å²) in [7, 11) is 1.68. The Labute approximate surface area is 170 Å². The number of nitrogens with one attached hydrogen (secondary N) is 1. The predicted molar refractivity (Wildman–Crippen MR) is 113 cm³/mol. The summed E-state index contributed by atoms with van der Waals surface area (Å²) < 4.78 is 0. The van der Waals surface area contributed by atoms with Gasteiger partial charge in [-0.3, -0.25) is 14.5 Å². The van der Waals surface area contributed by atoms with Gasteiger partial charge in [0, 0.05) is 50.5 Å². The van der Waals surface area contributed by atoms with E-state index in [4.69, 9.17) is 0 Å². The molecule has 150 valence electrons. The Morgan fingerprint density at radius 2 is 1.96 bits per heavy atom. The second-order valence-electron chi connectivity index (χ2n) is 7.10. The molecule has 0 radical (unpaired) electrons. The van der Waals surface area contributed by atoms with Gasteiger partial charge in [-0.05, 0) is 25.5 Å². The molecule has 0 atom stereocenters. The molecule has 2 amide bonds. The molecule has 1 aromatic heterocycles. The lowest BCUT2D eigenvalue weighted by molar-refractivity contribution is -0.134. The number of benzene rings is 1. The molecule has 3 rings (SSSR count). The third-order valence-electron chi connectivity index (χ3n) is 4.78. The van der Waals surface area contributed by atoms with Gasteiger partial charge < -0.3 is 15.1 Å². The SMILES string of the molecule is Cc1ccc(NC(=O)CN(C)C(=O)CN2CCCN(c3nccs3)CC2)cc1. The van der Waals surface area contributed by atoms with Gasteiger partial charge in [-0.2, -0.15) is 0 Å². The zero-order chi connectivity index (χ0) is 19.9. The van der Waals surface area contributed by atoms with Gasteiger partial charge in [0.05, 0.1) is 13.1 Å². The number of hydrogen-bond acceptors (Lipinski definition) is 6. The van der Waals surface area contributed by atoms with Crippen LogP contribution in [0.5, 0.6) is 0 Å². The first kappa shape index (κ1) is 20.3. The summed E-state index contributed by atoms with van der Waals surface area (Å²) in [6, 6.07) is 7.61. The van der Waals surface area contributed by atoms with Crippen LogP contribution in [0, 0.1) is 6.92 Å². The van der Waals surface area contributed by atoms with Crippen molar-refractivity contribution in [1.82, 2.24) is 14.8 Å². The number of thiazole rings is 1. The standard InChI is InChI=1S/C20H27N5O2S/c1-16-4-6-17(7-5-16)22-18(26)14-23(2)19(27)15-24-9-3-10-25(12-11-24)20-21-8-13-28-20/h4-8,13H,3,9-12,14-15H2,1-2H3,(H,22,26).